The minimum absolute atomic E-state index is 0.719. The van der Waals surface area contributed by atoms with Crippen LogP contribution in [0.15, 0.2) is 103 Å². The van der Waals surface area contributed by atoms with E-state index in [1.54, 1.807) is 0 Å². The minimum atomic E-state index is -1.38. The molecule has 3 aromatic rings. The molecule has 3 heteroatoms. The van der Waals surface area contributed by atoms with Crippen LogP contribution < -0.4 is 4.72 Å². The summed E-state index contributed by atoms with van der Waals surface area (Å²) in [5.41, 5.74) is 2.36. The third-order valence-electron chi connectivity index (χ3n) is 4.03. The quantitative estimate of drug-likeness (QED) is 0.537. The molecule has 0 aromatic heterocycles. The van der Waals surface area contributed by atoms with Crippen molar-refractivity contribution in [3.63, 3.8) is 0 Å². The van der Waals surface area contributed by atoms with E-state index in [0.29, 0.717) is 0 Å². The predicted octanol–water partition coefficient (Wildman–Crippen LogP) is 4.38. The molecule has 0 amide bonds. The van der Waals surface area contributed by atoms with Crippen molar-refractivity contribution >= 4 is 11.4 Å². The summed E-state index contributed by atoms with van der Waals surface area (Å²) >= 11 is -1.38. The molecule has 0 bridgehead atoms. The normalized spacial score (nSPS) is 12.5. The van der Waals surface area contributed by atoms with E-state index in [9.17, 15) is 4.55 Å². The Morgan fingerprint density at radius 1 is 0.708 bits per heavy atom. The van der Waals surface area contributed by atoms with E-state index < -0.39 is 16.9 Å². The molecule has 2 nitrogen and oxygen atoms in total. The van der Waals surface area contributed by atoms with Gasteiger partial charge in [-0.3, -0.25) is 0 Å². The molecule has 0 heterocycles. The molecule has 0 spiro atoms. The molecule has 0 aliphatic heterocycles. The molecule has 3 aromatic carbocycles. The zero-order valence-corrected chi connectivity index (χ0v) is 14.1. The standard InChI is InChI=1S/C21H19NOS/c1-2-24(23)22-21(18-12-6-3-7-13-18,19-14-8-4-9-15-19)20-16-10-5-11-17-20/h2-17,22H,1H2. The second-order valence-electron chi connectivity index (χ2n) is 5.41. The maximum absolute atomic E-state index is 12.4. The molecule has 0 saturated heterocycles. The highest BCUT2D eigenvalue weighted by molar-refractivity contribution is 7.92. The lowest BCUT2D eigenvalue weighted by Gasteiger charge is -2.35. The van der Waals surface area contributed by atoms with Crippen LogP contribution in [0, 0.1) is 0 Å². The molecule has 0 aliphatic carbocycles. The summed E-state index contributed by atoms with van der Waals surface area (Å²) < 4.78 is 15.7. The molecular formula is C21H19NOS. The van der Waals surface area contributed by atoms with E-state index in [1.165, 1.54) is 5.41 Å². The summed E-state index contributed by atoms with van der Waals surface area (Å²) in [6.07, 6.45) is 0. The second kappa shape index (κ2) is 7.49. The average molecular weight is 333 g/mol. The lowest BCUT2D eigenvalue weighted by Crippen LogP contribution is -2.47. The van der Waals surface area contributed by atoms with Gasteiger partial charge in [0.05, 0.1) is 11.4 Å². The molecule has 1 N–H and O–H groups in total. The lowest BCUT2D eigenvalue weighted by molar-refractivity contribution is 0.534. The minimum Gasteiger partial charge on any atom is -0.593 e. The molecule has 1 unspecified atom stereocenters. The highest BCUT2D eigenvalue weighted by Crippen LogP contribution is 2.37. The fourth-order valence-electron chi connectivity index (χ4n) is 2.93. The number of benzene rings is 3. The number of rotatable bonds is 6. The van der Waals surface area contributed by atoms with Gasteiger partial charge in [0.25, 0.3) is 0 Å². The van der Waals surface area contributed by atoms with Crippen LogP contribution in [-0.2, 0) is 16.9 Å². The fraction of sp³-hybridized carbons (Fsp3) is 0.0476. The zero-order chi connectivity index (χ0) is 16.8. The zero-order valence-electron chi connectivity index (χ0n) is 13.3. The van der Waals surface area contributed by atoms with Crippen LogP contribution in [-0.4, -0.2) is 4.55 Å². The van der Waals surface area contributed by atoms with Gasteiger partial charge in [0.2, 0.25) is 0 Å². The van der Waals surface area contributed by atoms with Gasteiger partial charge in [-0.25, -0.2) is 0 Å². The maximum Gasteiger partial charge on any atom is 0.139 e. The van der Waals surface area contributed by atoms with Gasteiger partial charge < -0.3 is 4.55 Å². The first kappa shape index (κ1) is 16.5. The fourth-order valence-corrected chi connectivity index (χ4v) is 3.67. The van der Waals surface area contributed by atoms with Crippen molar-refractivity contribution in [1.29, 1.82) is 0 Å². The summed E-state index contributed by atoms with van der Waals surface area (Å²) in [7, 11) is 0. The van der Waals surface area contributed by atoms with Gasteiger partial charge in [-0.15, -0.1) is 4.72 Å². The van der Waals surface area contributed by atoms with Gasteiger partial charge in [-0.2, -0.15) is 0 Å². The molecule has 1 atom stereocenters. The molecular weight excluding hydrogens is 314 g/mol. The summed E-state index contributed by atoms with van der Waals surface area (Å²) in [6.45, 7) is 3.66. The third-order valence-corrected chi connectivity index (χ3v) is 4.84. The van der Waals surface area contributed by atoms with Gasteiger partial charge >= 0.3 is 0 Å². The Balaban J connectivity index is 2.30. The first-order chi connectivity index (χ1) is 11.8. The summed E-state index contributed by atoms with van der Waals surface area (Å²) in [5, 5.41) is 1.42. The van der Waals surface area contributed by atoms with E-state index in [-0.39, 0.29) is 0 Å². The van der Waals surface area contributed by atoms with Gasteiger partial charge in [0, 0.05) is 0 Å². The highest BCUT2D eigenvalue weighted by Gasteiger charge is 2.40. The predicted molar refractivity (Wildman–Crippen MR) is 101 cm³/mol. The SMILES string of the molecule is C=C[S+]([O-])NC(c1ccccc1)(c1ccccc1)c1ccccc1. The van der Waals surface area contributed by atoms with Gasteiger partial charge in [0.1, 0.15) is 10.9 Å². The maximum atomic E-state index is 12.4. The first-order valence-corrected chi connectivity index (χ1v) is 8.96. The summed E-state index contributed by atoms with van der Waals surface area (Å²) in [5.74, 6) is 0. The molecule has 3 rings (SSSR count). The Hall–Kier alpha value is -2.33. The van der Waals surface area contributed by atoms with Crippen molar-refractivity contribution in [1.82, 2.24) is 4.72 Å². The Morgan fingerprint density at radius 3 is 1.33 bits per heavy atom. The van der Waals surface area contributed by atoms with E-state index in [1.807, 2.05) is 91.0 Å². The van der Waals surface area contributed by atoms with Crippen LogP contribution in [0.1, 0.15) is 16.7 Å². The van der Waals surface area contributed by atoms with Gasteiger partial charge in [-0.05, 0) is 23.3 Å². The van der Waals surface area contributed by atoms with Crippen molar-refractivity contribution in [3.8, 4) is 0 Å². The van der Waals surface area contributed by atoms with E-state index in [2.05, 4.69) is 11.3 Å². The summed E-state index contributed by atoms with van der Waals surface area (Å²) in [6, 6.07) is 30.2. The first-order valence-electron chi connectivity index (χ1n) is 7.75. The van der Waals surface area contributed by atoms with E-state index >= 15 is 0 Å². The van der Waals surface area contributed by atoms with Crippen LogP contribution in [0.4, 0.5) is 0 Å². The number of hydrogen-bond donors (Lipinski definition) is 1. The molecule has 120 valence electrons. The van der Waals surface area contributed by atoms with Crippen LogP contribution in [0.25, 0.3) is 0 Å². The van der Waals surface area contributed by atoms with Crippen LogP contribution in [0.5, 0.6) is 0 Å². The molecule has 0 fully saturated rings. The van der Waals surface area contributed by atoms with Gasteiger partial charge in [-0.1, -0.05) is 91.0 Å². The highest BCUT2D eigenvalue weighted by atomic mass is 32.2. The average Bonchev–Trinajstić information content (AvgIpc) is 2.68. The van der Waals surface area contributed by atoms with Crippen molar-refractivity contribution in [2.45, 2.75) is 5.54 Å². The number of hydrogen-bond acceptors (Lipinski definition) is 2. The van der Waals surface area contributed by atoms with Crippen LogP contribution in [0.2, 0.25) is 0 Å². The Morgan fingerprint density at radius 2 is 1.04 bits per heavy atom. The summed E-state index contributed by atoms with van der Waals surface area (Å²) in [4.78, 5) is 0. The topological polar surface area (TPSA) is 35.1 Å². The Bertz CT molecular complexity index is 678. The second-order valence-corrected chi connectivity index (χ2v) is 6.55. The largest absolute Gasteiger partial charge is 0.593 e. The molecule has 24 heavy (non-hydrogen) atoms. The van der Waals surface area contributed by atoms with Crippen molar-refractivity contribution < 1.29 is 4.55 Å². The Kier molecular flexibility index (Phi) is 5.16. The van der Waals surface area contributed by atoms with E-state index in [4.69, 9.17) is 0 Å². The molecule has 0 saturated carbocycles. The van der Waals surface area contributed by atoms with Crippen LogP contribution >= 0.6 is 0 Å². The van der Waals surface area contributed by atoms with E-state index in [0.717, 1.165) is 16.7 Å². The molecule has 0 radical (unpaired) electrons. The van der Waals surface area contributed by atoms with Crippen molar-refractivity contribution in [2.24, 2.45) is 0 Å². The van der Waals surface area contributed by atoms with Crippen LogP contribution in [0.3, 0.4) is 0 Å². The molecule has 0 aliphatic rings. The third kappa shape index (κ3) is 3.15. The lowest BCUT2D eigenvalue weighted by atomic mass is 9.78. The smallest absolute Gasteiger partial charge is 0.139 e. The van der Waals surface area contributed by atoms with Crippen molar-refractivity contribution in [3.05, 3.63) is 120 Å². The van der Waals surface area contributed by atoms with Gasteiger partial charge in [0.15, 0.2) is 0 Å². The van der Waals surface area contributed by atoms with Crippen molar-refractivity contribution in [2.75, 3.05) is 0 Å². The monoisotopic (exact) mass is 333 g/mol. The Labute approximate surface area is 146 Å². The number of nitrogens with one attached hydrogen (secondary N) is 1.